The van der Waals surface area contributed by atoms with Crippen molar-refractivity contribution >= 4 is 21.6 Å². The summed E-state index contributed by atoms with van der Waals surface area (Å²) in [5, 5.41) is 3.47. The zero-order chi connectivity index (χ0) is 18.5. The first-order valence-electron chi connectivity index (χ1n) is 8.48. The number of benzene rings is 3. The quantitative estimate of drug-likeness (QED) is 0.504. The van der Waals surface area contributed by atoms with Crippen LogP contribution in [0.3, 0.4) is 0 Å². The first-order chi connectivity index (χ1) is 12.5. The monoisotopic (exact) mass is 413 g/mol. The van der Waals surface area contributed by atoms with E-state index < -0.39 is 0 Å². The van der Waals surface area contributed by atoms with Gasteiger partial charge in [-0.25, -0.2) is 4.39 Å². The van der Waals surface area contributed by atoms with Gasteiger partial charge in [0.2, 0.25) is 0 Å². The largest absolute Gasteiger partial charge is 0.488 e. The number of anilines is 1. The van der Waals surface area contributed by atoms with E-state index >= 15 is 0 Å². The number of halogens is 2. The minimum atomic E-state index is -0.252. The van der Waals surface area contributed by atoms with E-state index in [-0.39, 0.29) is 12.4 Å². The van der Waals surface area contributed by atoms with Crippen molar-refractivity contribution in [2.75, 3.05) is 5.32 Å². The molecule has 1 N–H and O–H groups in total. The van der Waals surface area contributed by atoms with Gasteiger partial charge in [0.05, 0.1) is 4.47 Å². The van der Waals surface area contributed by atoms with E-state index in [0.29, 0.717) is 11.3 Å². The summed E-state index contributed by atoms with van der Waals surface area (Å²) in [7, 11) is 0. The van der Waals surface area contributed by atoms with Crippen LogP contribution in [-0.4, -0.2) is 0 Å². The molecule has 0 bridgehead atoms. The van der Waals surface area contributed by atoms with E-state index in [0.717, 1.165) is 22.3 Å². The van der Waals surface area contributed by atoms with Gasteiger partial charge in [-0.15, -0.1) is 0 Å². The second kappa shape index (κ2) is 8.37. The third-order valence-electron chi connectivity index (χ3n) is 4.21. The molecule has 0 amide bonds. The molecule has 0 saturated heterocycles. The lowest BCUT2D eigenvalue weighted by molar-refractivity contribution is 0.298. The van der Waals surface area contributed by atoms with Crippen LogP contribution in [0.15, 0.2) is 65.1 Å². The minimum absolute atomic E-state index is 0.200. The number of rotatable bonds is 6. The molecule has 0 aliphatic carbocycles. The molecule has 0 atom stereocenters. The van der Waals surface area contributed by atoms with Gasteiger partial charge in [-0.3, -0.25) is 0 Å². The summed E-state index contributed by atoms with van der Waals surface area (Å²) in [6.45, 7) is 5.10. The van der Waals surface area contributed by atoms with Crippen LogP contribution in [0.5, 0.6) is 5.75 Å². The maximum atomic E-state index is 13.7. The fourth-order valence-electron chi connectivity index (χ4n) is 2.67. The maximum absolute atomic E-state index is 13.7. The summed E-state index contributed by atoms with van der Waals surface area (Å²) in [4.78, 5) is 0. The Morgan fingerprint density at radius 3 is 2.58 bits per heavy atom. The molecule has 0 spiro atoms. The molecule has 2 nitrogen and oxygen atoms in total. The highest BCUT2D eigenvalue weighted by molar-refractivity contribution is 9.10. The molecule has 0 fully saturated rings. The molecule has 26 heavy (non-hydrogen) atoms. The van der Waals surface area contributed by atoms with Gasteiger partial charge in [-0.2, -0.15) is 0 Å². The Bertz CT molecular complexity index is 910. The zero-order valence-corrected chi connectivity index (χ0v) is 16.4. The first-order valence-corrected chi connectivity index (χ1v) is 9.28. The summed E-state index contributed by atoms with van der Waals surface area (Å²) < 4.78 is 20.3. The molecule has 3 aromatic carbocycles. The second-order valence-electron chi connectivity index (χ2n) is 6.32. The third kappa shape index (κ3) is 4.64. The van der Waals surface area contributed by atoms with Crippen molar-refractivity contribution in [3.05, 3.63) is 93.2 Å². The molecule has 0 saturated carbocycles. The number of hydrogen-bond donors (Lipinski definition) is 1. The van der Waals surface area contributed by atoms with Crippen molar-refractivity contribution in [3.8, 4) is 5.75 Å². The predicted octanol–water partition coefficient (Wildman–Crippen LogP) is 6.40. The van der Waals surface area contributed by atoms with Crippen LogP contribution in [0.2, 0.25) is 0 Å². The average molecular weight is 414 g/mol. The average Bonchev–Trinajstić information content (AvgIpc) is 2.63. The standard InChI is InChI=1S/C22H21BrFNO/c1-15-7-8-16(2)21(11-15)25-13-17-9-10-22(19(23)12-17)26-14-18-5-3-4-6-20(18)24/h3-12,25H,13-14H2,1-2H3. The smallest absolute Gasteiger partial charge is 0.134 e. The summed E-state index contributed by atoms with van der Waals surface area (Å²) in [6.07, 6.45) is 0. The van der Waals surface area contributed by atoms with Gasteiger partial charge >= 0.3 is 0 Å². The molecule has 0 unspecified atom stereocenters. The van der Waals surface area contributed by atoms with E-state index in [4.69, 9.17) is 4.74 Å². The lowest BCUT2D eigenvalue weighted by Crippen LogP contribution is -2.02. The summed E-state index contributed by atoms with van der Waals surface area (Å²) in [5.74, 6) is 0.446. The highest BCUT2D eigenvalue weighted by atomic mass is 79.9. The van der Waals surface area contributed by atoms with Crippen LogP contribution in [0.1, 0.15) is 22.3 Å². The van der Waals surface area contributed by atoms with Crippen LogP contribution in [0.25, 0.3) is 0 Å². The Morgan fingerprint density at radius 1 is 1.00 bits per heavy atom. The van der Waals surface area contributed by atoms with Gasteiger partial charge in [-0.1, -0.05) is 36.4 Å². The summed E-state index contributed by atoms with van der Waals surface area (Å²) in [5.41, 5.74) is 5.27. The lowest BCUT2D eigenvalue weighted by Gasteiger charge is -2.13. The molecule has 0 aliphatic heterocycles. The molecule has 4 heteroatoms. The molecule has 0 aliphatic rings. The maximum Gasteiger partial charge on any atom is 0.134 e. The van der Waals surface area contributed by atoms with Gasteiger partial charge < -0.3 is 10.1 Å². The van der Waals surface area contributed by atoms with Crippen LogP contribution in [0, 0.1) is 19.7 Å². The summed E-state index contributed by atoms with van der Waals surface area (Å²) >= 11 is 3.55. The number of aryl methyl sites for hydroxylation is 2. The lowest BCUT2D eigenvalue weighted by atomic mass is 10.1. The Hall–Kier alpha value is -2.33. The minimum Gasteiger partial charge on any atom is -0.488 e. The van der Waals surface area contributed by atoms with Crippen molar-refractivity contribution in [2.45, 2.75) is 27.0 Å². The molecule has 0 aromatic heterocycles. The SMILES string of the molecule is Cc1ccc(C)c(NCc2ccc(OCc3ccccc3F)c(Br)c2)c1. The zero-order valence-electron chi connectivity index (χ0n) is 14.9. The van der Waals surface area contributed by atoms with E-state index in [9.17, 15) is 4.39 Å². The fraction of sp³-hybridized carbons (Fsp3) is 0.182. The predicted molar refractivity (Wildman–Crippen MR) is 108 cm³/mol. The van der Waals surface area contributed by atoms with Gasteiger partial charge in [0.15, 0.2) is 0 Å². The Labute approximate surface area is 162 Å². The molecule has 3 rings (SSSR count). The highest BCUT2D eigenvalue weighted by Gasteiger charge is 2.06. The van der Waals surface area contributed by atoms with E-state index in [2.05, 4.69) is 53.3 Å². The Balaban J connectivity index is 1.64. The number of hydrogen-bond acceptors (Lipinski definition) is 2. The van der Waals surface area contributed by atoms with Crippen molar-refractivity contribution in [1.29, 1.82) is 0 Å². The van der Waals surface area contributed by atoms with E-state index in [1.807, 2.05) is 18.2 Å². The Kier molecular flexibility index (Phi) is 5.94. The van der Waals surface area contributed by atoms with Gasteiger partial charge in [-0.05, 0) is 70.7 Å². The topological polar surface area (TPSA) is 21.3 Å². The van der Waals surface area contributed by atoms with Crippen molar-refractivity contribution in [2.24, 2.45) is 0 Å². The molecule has 3 aromatic rings. The second-order valence-corrected chi connectivity index (χ2v) is 7.17. The molecule has 0 heterocycles. The van der Waals surface area contributed by atoms with E-state index in [1.54, 1.807) is 18.2 Å². The van der Waals surface area contributed by atoms with Crippen LogP contribution in [-0.2, 0) is 13.2 Å². The number of ether oxygens (including phenoxy) is 1. The normalized spacial score (nSPS) is 10.6. The van der Waals surface area contributed by atoms with Crippen LogP contribution >= 0.6 is 15.9 Å². The van der Waals surface area contributed by atoms with Gasteiger partial charge in [0.1, 0.15) is 18.2 Å². The third-order valence-corrected chi connectivity index (χ3v) is 4.83. The Morgan fingerprint density at radius 2 is 1.81 bits per heavy atom. The van der Waals surface area contributed by atoms with Gasteiger partial charge in [0.25, 0.3) is 0 Å². The summed E-state index contributed by atoms with van der Waals surface area (Å²) in [6, 6.07) is 19.0. The highest BCUT2D eigenvalue weighted by Crippen LogP contribution is 2.28. The molecule has 0 radical (unpaired) electrons. The first kappa shape index (κ1) is 18.5. The van der Waals surface area contributed by atoms with Crippen molar-refractivity contribution in [1.82, 2.24) is 0 Å². The van der Waals surface area contributed by atoms with Crippen molar-refractivity contribution < 1.29 is 9.13 Å². The number of nitrogens with one attached hydrogen (secondary N) is 1. The molecular formula is C22H21BrFNO. The molecule has 134 valence electrons. The van der Waals surface area contributed by atoms with Crippen LogP contribution < -0.4 is 10.1 Å². The van der Waals surface area contributed by atoms with E-state index in [1.165, 1.54) is 17.2 Å². The molecular weight excluding hydrogens is 393 g/mol. The fourth-order valence-corrected chi connectivity index (χ4v) is 3.21. The van der Waals surface area contributed by atoms with Crippen LogP contribution in [0.4, 0.5) is 10.1 Å². The van der Waals surface area contributed by atoms with Gasteiger partial charge in [0, 0.05) is 17.8 Å². The van der Waals surface area contributed by atoms with Crippen molar-refractivity contribution in [3.63, 3.8) is 0 Å².